The molecule has 15 heavy (non-hydrogen) atoms. The lowest BCUT2D eigenvalue weighted by atomic mass is 10.1. The Kier molecular flexibility index (Phi) is 4.54. The smallest absolute Gasteiger partial charge is 0.331 e. The molecular weight excluding hydrogens is 324 g/mol. The minimum absolute atomic E-state index is 0.407. The van der Waals surface area contributed by atoms with Gasteiger partial charge in [0.2, 0.25) is 0 Å². The van der Waals surface area contributed by atoms with Crippen molar-refractivity contribution in [3.63, 3.8) is 0 Å². The van der Waals surface area contributed by atoms with Crippen LogP contribution >= 0.6 is 31.9 Å². The Balaban J connectivity index is 3.07. The van der Waals surface area contributed by atoms with Crippen molar-refractivity contribution in [1.82, 2.24) is 0 Å². The second kappa shape index (κ2) is 5.47. The molecule has 1 rings (SSSR count). The molecule has 1 N–H and O–H groups in total. The highest BCUT2D eigenvalue weighted by molar-refractivity contribution is 9.13. The summed E-state index contributed by atoms with van der Waals surface area (Å²) in [5.41, 5.74) is 1.29. The zero-order valence-corrected chi connectivity index (χ0v) is 11.3. The molecule has 0 amide bonds. The van der Waals surface area contributed by atoms with Crippen LogP contribution in [0.25, 0.3) is 6.08 Å². The van der Waals surface area contributed by atoms with Crippen LogP contribution in [0.15, 0.2) is 32.7 Å². The van der Waals surface area contributed by atoms with Crippen molar-refractivity contribution in [3.05, 3.63) is 38.3 Å². The van der Waals surface area contributed by atoms with E-state index in [2.05, 4.69) is 31.9 Å². The number of benzene rings is 1. The van der Waals surface area contributed by atoms with Crippen LogP contribution in [0.5, 0.6) is 0 Å². The van der Waals surface area contributed by atoms with Gasteiger partial charge in [0.1, 0.15) is 0 Å². The maximum Gasteiger partial charge on any atom is 0.331 e. The van der Waals surface area contributed by atoms with Gasteiger partial charge in [0.15, 0.2) is 0 Å². The van der Waals surface area contributed by atoms with E-state index < -0.39 is 5.97 Å². The van der Waals surface area contributed by atoms with Crippen LogP contribution in [0.2, 0.25) is 0 Å². The maximum absolute atomic E-state index is 10.8. The number of carboxylic acid groups (broad SMARTS) is 1. The molecular formula is C11H10Br2O2. The lowest BCUT2D eigenvalue weighted by molar-refractivity contribution is -0.132. The van der Waals surface area contributed by atoms with Crippen molar-refractivity contribution in [2.24, 2.45) is 0 Å². The summed E-state index contributed by atoms with van der Waals surface area (Å²) in [5, 5.41) is 8.87. The largest absolute Gasteiger partial charge is 0.478 e. The van der Waals surface area contributed by atoms with Crippen molar-refractivity contribution in [2.45, 2.75) is 13.3 Å². The molecule has 1 aromatic carbocycles. The van der Waals surface area contributed by atoms with E-state index in [1.807, 2.05) is 25.1 Å². The van der Waals surface area contributed by atoms with Gasteiger partial charge >= 0.3 is 5.97 Å². The van der Waals surface area contributed by atoms with Crippen LogP contribution in [0, 0.1) is 0 Å². The van der Waals surface area contributed by atoms with Gasteiger partial charge < -0.3 is 5.11 Å². The molecule has 80 valence electrons. The number of halogens is 2. The summed E-state index contributed by atoms with van der Waals surface area (Å²) < 4.78 is 1.87. The average molecular weight is 334 g/mol. The molecule has 0 aliphatic carbocycles. The number of hydrogen-bond donors (Lipinski definition) is 1. The summed E-state index contributed by atoms with van der Waals surface area (Å²) in [6.07, 6.45) is 2.20. The SMILES string of the molecule is CCC(=Cc1ccc(Br)c(Br)c1)C(=O)O. The van der Waals surface area contributed by atoms with E-state index in [0.717, 1.165) is 14.5 Å². The minimum Gasteiger partial charge on any atom is -0.478 e. The van der Waals surface area contributed by atoms with Crippen molar-refractivity contribution in [2.75, 3.05) is 0 Å². The third kappa shape index (κ3) is 3.47. The second-order valence-corrected chi connectivity index (χ2v) is 4.71. The average Bonchev–Trinajstić information content (AvgIpc) is 2.19. The molecule has 0 fully saturated rings. The maximum atomic E-state index is 10.8. The van der Waals surface area contributed by atoms with Gasteiger partial charge in [0.05, 0.1) is 0 Å². The number of carboxylic acids is 1. The van der Waals surface area contributed by atoms with Crippen molar-refractivity contribution in [3.8, 4) is 0 Å². The van der Waals surface area contributed by atoms with Gasteiger partial charge in [0, 0.05) is 14.5 Å². The van der Waals surface area contributed by atoms with Gasteiger partial charge in [-0.3, -0.25) is 0 Å². The number of aliphatic carboxylic acids is 1. The zero-order chi connectivity index (χ0) is 11.4. The van der Waals surface area contributed by atoms with E-state index in [9.17, 15) is 4.79 Å². The van der Waals surface area contributed by atoms with Crippen LogP contribution in [-0.2, 0) is 4.79 Å². The van der Waals surface area contributed by atoms with Crippen LogP contribution in [0.3, 0.4) is 0 Å². The highest BCUT2D eigenvalue weighted by Crippen LogP contribution is 2.25. The summed E-state index contributed by atoms with van der Waals surface area (Å²) >= 11 is 6.73. The van der Waals surface area contributed by atoms with Crippen LogP contribution in [0.4, 0.5) is 0 Å². The normalized spacial score (nSPS) is 11.5. The van der Waals surface area contributed by atoms with E-state index in [1.54, 1.807) is 6.08 Å². The fraction of sp³-hybridized carbons (Fsp3) is 0.182. The van der Waals surface area contributed by atoms with Gasteiger partial charge in [-0.15, -0.1) is 0 Å². The fourth-order valence-electron chi connectivity index (χ4n) is 1.12. The highest BCUT2D eigenvalue weighted by Gasteiger charge is 2.04. The van der Waals surface area contributed by atoms with Crippen LogP contribution in [-0.4, -0.2) is 11.1 Å². The second-order valence-electron chi connectivity index (χ2n) is 3.00. The topological polar surface area (TPSA) is 37.3 Å². The summed E-state index contributed by atoms with van der Waals surface area (Å²) in [5.74, 6) is -0.864. The van der Waals surface area contributed by atoms with E-state index in [-0.39, 0.29) is 0 Å². The lowest BCUT2D eigenvalue weighted by Gasteiger charge is -2.01. The summed E-state index contributed by atoms with van der Waals surface area (Å²) in [6, 6.07) is 5.63. The Bertz CT molecular complexity index is 411. The van der Waals surface area contributed by atoms with E-state index in [1.165, 1.54) is 0 Å². The molecule has 0 heterocycles. The van der Waals surface area contributed by atoms with E-state index in [0.29, 0.717) is 12.0 Å². The third-order valence-corrected chi connectivity index (χ3v) is 3.82. The molecule has 2 nitrogen and oxygen atoms in total. The molecule has 0 saturated carbocycles. The highest BCUT2D eigenvalue weighted by atomic mass is 79.9. The molecule has 4 heteroatoms. The quantitative estimate of drug-likeness (QED) is 0.846. The van der Waals surface area contributed by atoms with Gasteiger partial charge in [-0.05, 0) is 62.1 Å². The van der Waals surface area contributed by atoms with Crippen molar-refractivity contribution < 1.29 is 9.90 Å². The Labute approximate surface area is 105 Å². The van der Waals surface area contributed by atoms with Gasteiger partial charge in [-0.1, -0.05) is 13.0 Å². The summed E-state index contributed by atoms with van der Waals surface area (Å²) in [7, 11) is 0. The van der Waals surface area contributed by atoms with Crippen molar-refractivity contribution in [1.29, 1.82) is 0 Å². The molecule has 0 radical (unpaired) electrons. The molecule has 0 aliphatic rings. The van der Waals surface area contributed by atoms with Gasteiger partial charge in [0.25, 0.3) is 0 Å². The van der Waals surface area contributed by atoms with E-state index in [4.69, 9.17) is 5.11 Å². The van der Waals surface area contributed by atoms with Crippen LogP contribution in [0.1, 0.15) is 18.9 Å². The predicted octanol–water partition coefficient (Wildman–Crippen LogP) is 4.09. The summed E-state index contributed by atoms with van der Waals surface area (Å²) in [4.78, 5) is 10.8. The first-order valence-corrected chi connectivity index (χ1v) is 6.02. The zero-order valence-electron chi connectivity index (χ0n) is 8.13. The lowest BCUT2D eigenvalue weighted by Crippen LogP contribution is -1.98. The first-order valence-electron chi connectivity index (χ1n) is 4.43. The Hall–Kier alpha value is -0.610. The predicted molar refractivity (Wildman–Crippen MR) is 67.7 cm³/mol. The van der Waals surface area contributed by atoms with E-state index >= 15 is 0 Å². The Morgan fingerprint density at radius 3 is 2.53 bits per heavy atom. The molecule has 0 unspecified atom stereocenters. The monoisotopic (exact) mass is 332 g/mol. The number of hydrogen-bond acceptors (Lipinski definition) is 1. The van der Waals surface area contributed by atoms with Gasteiger partial charge in [-0.25, -0.2) is 4.79 Å². The Morgan fingerprint density at radius 2 is 2.07 bits per heavy atom. The molecule has 0 bridgehead atoms. The third-order valence-electron chi connectivity index (χ3n) is 1.94. The van der Waals surface area contributed by atoms with Crippen molar-refractivity contribution >= 4 is 43.9 Å². The molecule has 0 atom stereocenters. The molecule has 0 saturated heterocycles. The number of rotatable bonds is 3. The molecule has 1 aromatic rings. The first kappa shape index (κ1) is 12.5. The molecule has 0 aromatic heterocycles. The minimum atomic E-state index is -0.864. The van der Waals surface area contributed by atoms with Gasteiger partial charge in [-0.2, -0.15) is 0 Å². The fourth-order valence-corrected chi connectivity index (χ4v) is 1.76. The standard InChI is InChI=1S/C11H10Br2O2/c1-2-8(11(14)15)5-7-3-4-9(12)10(13)6-7/h3-6H,2H2,1H3,(H,14,15). The van der Waals surface area contributed by atoms with Crippen LogP contribution < -0.4 is 0 Å². The Morgan fingerprint density at radius 1 is 1.40 bits per heavy atom. The number of carbonyl (C=O) groups is 1. The summed E-state index contributed by atoms with van der Waals surface area (Å²) in [6.45, 7) is 1.83. The first-order chi connectivity index (χ1) is 7.04. The molecule has 0 aliphatic heterocycles. The molecule has 0 spiro atoms.